The van der Waals surface area contributed by atoms with E-state index < -0.39 is 0 Å². The third-order valence-electron chi connectivity index (χ3n) is 1.93. The van der Waals surface area contributed by atoms with Crippen LogP contribution >= 0.6 is 11.6 Å². The van der Waals surface area contributed by atoms with Crippen molar-refractivity contribution in [1.29, 1.82) is 0 Å². The second-order valence-electron chi connectivity index (χ2n) is 2.85. The molecular weight excluding hydrogens is 170 g/mol. The van der Waals surface area contributed by atoms with Crippen molar-refractivity contribution in [1.82, 2.24) is 5.32 Å². The highest BCUT2D eigenvalue weighted by molar-refractivity contribution is 6.20. The van der Waals surface area contributed by atoms with Gasteiger partial charge in [0, 0.05) is 6.04 Å². The maximum atomic E-state index is 6.02. The fourth-order valence-electron chi connectivity index (χ4n) is 1.32. The summed E-state index contributed by atoms with van der Waals surface area (Å²) < 4.78 is 0. The van der Waals surface area contributed by atoms with Gasteiger partial charge >= 0.3 is 0 Å². The Bertz CT molecular complexity index is 221. The zero-order chi connectivity index (χ0) is 8.97. The molecule has 1 aromatic carbocycles. The van der Waals surface area contributed by atoms with Crippen LogP contribution in [0.3, 0.4) is 0 Å². The third-order valence-corrected chi connectivity index (χ3v) is 2.18. The number of hydrogen-bond acceptors (Lipinski definition) is 1. The van der Waals surface area contributed by atoms with Crippen molar-refractivity contribution >= 4 is 11.6 Å². The van der Waals surface area contributed by atoms with Crippen LogP contribution in [0, 0.1) is 0 Å². The molecule has 0 aliphatic carbocycles. The van der Waals surface area contributed by atoms with Crippen LogP contribution in [-0.2, 0) is 0 Å². The molecule has 0 radical (unpaired) electrons. The largest absolute Gasteiger partial charge is 0.312 e. The van der Waals surface area contributed by atoms with E-state index in [0.717, 1.165) is 0 Å². The molecule has 1 nitrogen and oxygen atoms in total. The summed E-state index contributed by atoms with van der Waals surface area (Å²) in [6.07, 6.45) is 0. The highest BCUT2D eigenvalue weighted by Gasteiger charge is 2.13. The van der Waals surface area contributed by atoms with Crippen LogP contribution in [0.1, 0.15) is 18.5 Å². The molecule has 12 heavy (non-hydrogen) atoms. The van der Waals surface area contributed by atoms with E-state index >= 15 is 0 Å². The van der Waals surface area contributed by atoms with E-state index in [-0.39, 0.29) is 11.4 Å². The van der Waals surface area contributed by atoms with Crippen LogP contribution in [0.25, 0.3) is 0 Å². The van der Waals surface area contributed by atoms with Gasteiger partial charge in [0.15, 0.2) is 0 Å². The van der Waals surface area contributed by atoms with E-state index in [9.17, 15) is 0 Å². The molecule has 1 aromatic rings. The Morgan fingerprint density at radius 2 is 1.83 bits per heavy atom. The van der Waals surface area contributed by atoms with Gasteiger partial charge in [-0.05, 0) is 19.5 Å². The van der Waals surface area contributed by atoms with Crippen LogP contribution in [0.15, 0.2) is 30.3 Å². The number of hydrogen-bond donors (Lipinski definition) is 1. The van der Waals surface area contributed by atoms with Gasteiger partial charge in [0.05, 0.1) is 5.38 Å². The maximum absolute atomic E-state index is 6.02. The average Bonchev–Trinajstić information content (AvgIpc) is 2.07. The van der Waals surface area contributed by atoms with Crippen LogP contribution in [0.5, 0.6) is 0 Å². The van der Waals surface area contributed by atoms with E-state index in [0.29, 0.717) is 0 Å². The Balaban J connectivity index is 2.80. The zero-order valence-corrected chi connectivity index (χ0v) is 8.18. The Labute approximate surface area is 78.7 Å². The van der Waals surface area contributed by atoms with Gasteiger partial charge in [-0.1, -0.05) is 30.3 Å². The van der Waals surface area contributed by atoms with Gasteiger partial charge in [-0.3, -0.25) is 0 Å². The molecule has 0 bridgehead atoms. The van der Waals surface area contributed by atoms with Crippen molar-refractivity contribution in [3.8, 4) is 0 Å². The molecule has 66 valence electrons. The summed E-state index contributed by atoms with van der Waals surface area (Å²) in [6.45, 7) is 2.00. The SMILES string of the molecule is CN[C@@H](c1ccccc1)[C@H](C)Cl. The van der Waals surface area contributed by atoms with Crippen molar-refractivity contribution in [3.63, 3.8) is 0 Å². The summed E-state index contributed by atoms with van der Waals surface area (Å²) in [5, 5.41) is 3.29. The van der Waals surface area contributed by atoms with Crippen molar-refractivity contribution in [2.45, 2.75) is 18.3 Å². The van der Waals surface area contributed by atoms with E-state index in [4.69, 9.17) is 11.6 Å². The lowest BCUT2D eigenvalue weighted by Crippen LogP contribution is -2.23. The summed E-state index contributed by atoms with van der Waals surface area (Å²) in [4.78, 5) is 0. The van der Waals surface area contributed by atoms with Gasteiger partial charge in [0.25, 0.3) is 0 Å². The number of benzene rings is 1. The maximum Gasteiger partial charge on any atom is 0.0502 e. The lowest BCUT2D eigenvalue weighted by atomic mass is 10.1. The average molecular weight is 184 g/mol. The number of alkyl halides is 1. The number of nitrogens with one attached hydrogen (secondary N) is 1. The number of halogens is 1. The summed E-state index contributed by atoms with van der Waals surface area (Å²) >= 11 is 6.02. The fourth-order valence-corrected chi connectivity index (χ4v) is 1.59. The van der Waals surface area contributed by atoms with E-state index in [1.54, 1.807) is 0 Å². The zero-order valence-electron chi connectivity index (χ0n) is 7.42. The molecule has 1 N–H and O–H groups in total. The van der Waals surface area contributed by atoms with E-state index in [2.05, 4.69) is 17.4 Å². The Morgan fingerprint density at radius 1 is 1.25 bits per heavy atom. The fraction of sp³-hybridized carbons (Fsp3) is 0.400. The molecular formula is C10H14ClN. The minimum absolute atomic E-state index is 0.109. The van der Waals surface area contributed by atoms with Gasteiger partial charge < -0.3 is 5.32 Å². The second-order valence-corrected chi connectivity index (χ2v) is 3.54. The standard InChI is InChI=1S/C10H14ClN/c1-8(11)10(12-2)9-6-4-3-5-7-9/h3-8,10,12H,1-2H3/t8-,10+/m0/s1. The quantitative estimate of drug-likeness (QED) is 0.711. The lowest BCUT2D eigenvalue weighted by molar-refractivity contribution is 0.584. The lowest BCUT2D eigenvalue weighted by Gasteiger charge is -2.18. The third kappa shape index (κ3) is 2.23. The smallest absolute Gasteiger partial charge is 0.0502 e. The van der Waals surface area contributed by atoms with Gasteiger partial charge in [-0.25, -0.2) is 0 Å². The molecule has 0 aromatic heterocycles. The molecule has 0 saturated heterocycles. The molecule has 0 aliphatic heterocycles. The Hall–Kier alpha value is -0.530. The predicted molar refractivity (Wildman–Crippen MR) is 53.6 cm³/mol. The van der Waals surface area contributed by atoms with E-state index in [1.807, 2.05) is 32.2 Å². The molecule has 0 heterocycles. The Morgan fingerprint density at radius 3 is 2.25 bits per heavy atom. The first-order valence-corrected chi connectivity index (χ1v) is 4.55. The summed E-state index contributed by atoms with van der Waals surface area (Å²) in [5.74, 6) is 0. The first-order chi connectivity index (χ1) is 5.75. The van der Waals surface area contributed by atoms with Gasteiger partial charge in [-0.15, -0.1) is 11.6 Å². The van der Waals surface area contributed by atoms with Crippen LogP contribution in [-0.4, -0.2) is 12.4 Å². The molecule has 0 unspecified atom stereocenters. The highest BCUT2D eigenvalue weighted by Crippen LogP contribution is 2.19. The molecule has 2 heteroatoms. The monoisotopic (exact) mass is 183 g/mol. The summed E-state index contributed by atoms with van der Waals surface area (Å²) in [5.41, 5.74) is 1.24. The van der Waals surface area contributed by atoms with Gasteiger partial charge in [-0.2, -0.15) is 0 Å². The highest BCUT2D eigenvalue weighted by atomic mass is 35.5. The van der Waals surface area contributed by atoms with E-state index in [1.165, 1.54) is 5.56 Å². The molecule has 2 atom stereocenters. The predicted octanol–water partition coefficient (Wildman–Crippen LogP) is 2.57. The minimum atomic E-state index is 0.109. The first-order valence-electron chi connectivity index (χ1n) is 4.12. The topological polar surface area (TPSA) is 12.0 Å². The van der Waals surface area contributed by atoms with Gasteiger partial charge in [0.1, 0.15) is 0 Å². The second kappa shape index (κ2) is 4.48. The summed E-state index contributed by atoms with van der Waals surface area (Å²) in [7, 11) is 1.93. The molecule has 0 amide bonds. The molecule has 0 fully saturated rings. The molecule has 0 aliphatic rings. The minimum Gasteiger partial charge on any atom is -0.312 e. The van der Waals surface area contributed by atoms with Crippen molar-refractivity contribution in [2.75, 3.05) is 7.05 Å². The normalized spacial score (nSPS) is 15.6. The van der Waals surface area contributed by atoms with Crippen molar-refractivity contribution in [2.24, 2.45) is 0 Å². The van der Waals surface area contributed by atoms with Crippen molar-refractivity contribution < 1.29 is 0 Å². The molecule has 1 rings (SSSR count). The molecule has 0 spiro atoms. The molecule has 0 saturated carbocycles. The van der Waals surface area contributed by atoms with Crippen molar-refractivity contribution in [3.05, 3.63) is 35.9 Å². The van der Waals surface area contributed by atoms with Crippen LogP contribution in [0.2, 0.25) is 0 Å². The van der Waals surface area contributed by atoms with Crippen LogP contribution < -0.4 is 5.32 Å². The first kappa shape index (κ1) is 9.56. The summed E-state index contributed by atoms with van der Waals surface area (Å²) in [6, 6.07) is 10.5. The Kier molecular flexibility index (Phi) is 3.57. The van der Waals surface area contributed by atoms with Crippen LogP contribution in [0.4, 0.5) is 0 Å². The van der Waals surface area contributed by atoms with Gasteiger partial charge in [0.2, 0.25) is 0 Å². The number of rotatable bonds is 3.